The van der Waals surface area contributed by atoms with Crippen molar-refractivity contribution in [2.24, 2.45) is 10.8 Å². The van der Waals surface area contributed by atoms with Crippen LogP contribution in [0.5, 0.6) is 0 Å². The highest BCUT2D eigenvalue weighted by molar-refractivity contribution is 6.43. The summed E-state index contributed by atoms with van der Waals surface area (Å²) in [6.07, 6.45) is 0.161. The Kier molecular flexibility index (Phi) is 3.92. The van der Waals surface area contributed by atoms with Gasteiger partial charge in [0.1, 0.15) is 17.3 Å². The second-order valence-electron chi connectivity index (χ2n) is 4.22. The van der Waals surface area contributed by atoms with Crippen molar-refractivity contribution in [1.82, 2.24) is 5.43 Å². The Balaban J connectivity index is 2.23. The Hall–Kier alpha value is -2.84. The maximum absolute atomic E-state index is 13.6. The number of halogens is 2. The molecule has 0 saturated heterocycles. The summed E-state index contributed by atoms with van der Waals surface area (Å²) in [7, 11) is 0. The molecule has 21 heavy (non-hydrogen) atoms. The standard InChI is InChI=1S/C12H10F2N4O3/c13-6-4-7(14)9(3-5(6)11(15)20)16-12(21)8-1-2-10(19)18-17-8/h3-4H,1-2H2,(H2,15,20)(H,16,21)(H,18,19). The third kappa shape index (κ3) is 3.19. The van der Waals surface area contributed by atoms with Gasteiger partial charge in [-0.15, -0.1) is 0 Å². The van der Waals surface area contributed by atoms with Crippen molar-refractivity contribution < 1.29 is 23.2 Å². The first kappa shape index (κ1) is 14.6. The van der Waals surface area contributed by atoms with E-state index in [-0.39, 0.29) is 24.5 Å². The van der Waals surface area contributed by atoms with Gasteiger partial charge in [-0.05, 0) is 6.07 Å². The van der Waals surface area contributed by atoms with Gasteiger partial charge in [-0.3, -0.25) is 14.4 Å². The molecule has 0 fully saturated rings. The summed E-state index contributed by atoms with van der Waals surface area (Å²) in [6.45, 7) is 0. The number of rotatable bonds is 3. The first-order chi connectivity index (χ1) is 9.88. The lowest BCUT2D eigenvalue weighted by Gasteiger charge is -2.13. The lowest BCUT2D eigenvalue weighted by Crippen LogP contribution is -2.33. The maximum atomic E-state index is 13.6. The SMILES string of the molecule is NC(=O)c1cc(NC(=O)C2=NNC(=O)CC2)c(F)cc1F. The zero-order valence-corrected chi connectivity index (χ0v) is 10.6. The number of hydrazone groups is 1. The predicted octanol–water partition coefficient (Wildman–Crippen LogP) is 0.268. The quantitative estimate of drug-likeness (QED) is 0.743. The molecule has 0 unspecified atom stereocenters. The summed E-state index contributed by atoms with van der Waals surface area (Å²) >= 11 is 0. The fraction of sp³-hybridized carbons (Fsp3) is 0.167. The molecule has 0 atom stereocenters. The lowest BCUT2D eigenvalue weighted by atomic mass is 10.1. The van der Waals surface area contributed by atoms with Crippen LogP contribution in [0.15, 0.2) is 17.2 Å². The van der Waals surface area contributed by atoms with E-state index >= 15 is 0 Å². The largest absolute Gasteiger partial charge is 0.366 e. The highest BCUT2D eigenvalue weighted by atomic mass is 19.1. The number of benzene rings is 1. The van der Waals surface area contributed by atoms with E-state index in [0.717, 1.165) is 6.07 Å². The van der Waals surface area contributed by atoms with Crippen LogP contribution in [0, 0.1) is 11.6 Å². The smallest absolute Gasteiger partial charge is 0.271 e. The molecule has 0 bridgehead atoms. The normalized spacial score (nSPS) is 14.2. The van der Waals surface area contributed by atoms with Crippen LogP contribution < -0.4 is 16.5 Å². The Labute approximate surface area is 117 Å². The van der Waals surface area contributed by atoms with E-state index < -0.39 is 34.7 Å². The highest BCUT2D eigenvalue weighted by Gasteiger charge is 2.21. The summed E-state index contributed by atoms with van der Waals surface area (Å²) in [5.41, 5.74) is 6.08. The molecule has 1 heterocycles. The first-order valence-electron chi connectivity index (χ1n) is 5.84. The second kappa shape index (κ2) is 5.65. The van der Waals surface area contributed by atoms with E-state index in [1.54, 1.807) is 0 Å². The molecule has 0 saturated carbocycles. The minimum Gasteiger partial charge on any atom is -0.366 e. The van der Waals surface area contributed by atoms with Crippen molar-refractivity contribution >= 4 is 29.1 Å². The van der Waals surface area contributed by atoms with Crippen LogP contribution in [0.4, 0.5) is 14.5 Å². The zero-order valence-electron chi connectivity index (χ0n) is 10.6. The fourth-order valence-electron chi connectivity index (χ4n) is 1.67. The van der Waals surface area contributed by atoms with Crippen LogP contribution in [0.2, 0.25) is 0 Å². The van der Waals surface area contributed by atoms with Gasteiger partial charge in [-0.2, -0.15) is 5.10 Å². The van der Waals surface area contributed by atoms with Crippen LogP contribution >= 0.6 is 0 Å². The minimum atomic E-state index is -1.12. The Bertz CT molecular complexity index is 673. The van der Waals surface area contributed by atoms with Crippen LogP contribution in [-0.2, 0) is 9.59 Å². The molecule has 7 nitrogen and oxygen atoms in total. The van der Waals surface area contributed by atoms with E-state index in [1.807, 2.05) is 0 Å². The van der Waals surface area contributed by atoms with E-state index in [2.05, 4.69) is 15.8 Å². The van der Waals surface area contributed by atoms with Gasteiger partial charge in [0.15, 0.2) is 0 Å². The molecule has 4 N–H and O–H groups in total. The minimum absolute atomic E-state index is 0.0149. The number of carbonyl (C=O) groups is 3. The number of primary amides is 1. The molecule has 1 aliphatic heterocycles. The van der Waals surface area contributed by atoms with Crippen LogP contribution in [0.1, 0.15) is 23.2 Å². The monoisotopic (exact) mass is 296 g/mol. The molecule has 3 amide bonds. The molecule has 0 aliphatic carbocycles. The molecular formula is C12H10F2N4O3. The summed E-state index contributed by atoms with van der Waals surface area (Å²) in [5, 5.41) is 5.68. The molecule has 110 valence electrons. The number of anilines is 1. The third-order valence-corrected chi connectivity index (χ3v) is 2.74. The summed E-state index contributed by atoms with van der Waals surface area (Å²) in [4.78, 5) is 33.7. The van der Waals surface area contributed by atoms with Crippen LogP contribution in [-0.4, -0.2) is 23.4 Å². The molecule has 9 heteroatoms. The van der Waals surface area contributed by atoms with Crippen molar-refractivity contribution in [3.05, 3.63) is 29.3 Å². The predicted molar refractivity (Wildman–Crippen MR) is 68.3 cm³/mol. The maximum Gasteiger partial charge on any atom is 0.271 e. The van der Waals surface area contributed by atoms with Gasteiger partial charge in [0, 0.05) is 18.9 Å². The number of nitrogens with two attached hydrogens (primary N) is 1. The number of nitrogens with one attached hydrogen (secondary N) is 2. The topological polar surface area (TPSA) is 114 Å². The Morgan fingerprint density at radius 3 is 2.52 bits per heavy atom. The van der Waals surface area contributed by atoms with E-state index in [4.69, 9.17) is 5.73 Å². The van der Waals surface area contributed by atoms with Crippen molar-refractivity contribution in [3.8, 4) is 0 Å². The van der Waals surface area contributed by atoms with Crippen molar-refractivity contribution in [2.45, 2.75) is 12.8 Å². The van der Waals surface area contributed by atoms with Crippen molar-refractivity contribution in [1.29, 1.82) is 0 Å². The highest BCUT2D eigenvalue weighted by Crippen LogP contribution is 2.19. The van der Waals surface area contributed by atoms with Gasteiger partial charge in [0.25, 0.3) is 11.8 Å². The number of hydrogen-bond acceptors (Lipinski definition) is 4. The lowest BCUT2D eigenvalue weighted by molar-refractivity contribution is -0.121. The van der Waals surface area contributed by atoms with Crippen LogP contribution in [0.3, 0.4) is 0 Å². The van der Waals surface area contributed by atoms with Gasteiger partial charge >= 0.3 is 0 Å². The van der Waals surface area contributed by atoms with Crippen molar-refractivity contribution in [2.75, 3.05) is 5.32 Å². The second-order valence-corrected chi connectivity index (χ2v) is 4.22. The first-order valence-corrected chi connectivity index (χ1v) is 5.84. The van der Waals surface area contributed by atoms with Gasteiger partial charge in [0.05, 0.1) is 11.3 Å². The van der Waals surface area contributed by atoms with Gasteiger partial charge < -0.3 is 11.1 Å². The number of hydrogen-bond donors (Lipinski definition) is 3. The Morgan fingerprint density at radius 2 is 1.95 bits per heavy atom. The molecule has 0 aromatic heterocycles. The Morgan fingerprint density at radius 1 is 1.24 bits per heavy atom. The van der Waals surface area contributed by atoms with Gasteiger partial charge in [0.2, 0.25) is 5.91 Å². The summed E-state index contributed by atoms with van der Waals surface area (Å²) < 4.78 is 26.9. The van der Waals surface area contributed by atoms with Crippen molar-refractivity contribution in [3.63, 3.8) is 0 Å². The summed E-state index contributed by atoms with van der Waals surface area (Å²) in [5.74, 6) is -4.39. The van der Waals surface area contributed by atoms with Gasteiger partial charge in [-0.1, -0.05) is 0 Å². The van der Waals surface area contributed by atoms with Crippen LogP contribution in [0.25, 0.3) is 0 Å². The molecule has 1 aromatic carbocycles. The number of nitrogens with zero attached hydrogens (tertiary/aromatic N) is 1. The zero-order chi connectivity index (χ0) is 15.6. The average molecular weight is 296 g/mol. The summed E-state index contributed by atoms with van der Waals surface area (Å²) in [6, 6.07) is 1.24. The fourth-order valence-corrected chi connectivity index (χ4v) is 1.67. The molecule has 0 spiro atoms. The van der Waals surface area contributed by atoms with E-state index in [1.165, 1.54) is 0 Å². The molecule has 2 rings (SSSR count). The number of amides is 3. The molecule has 0 radical (unpaired) electrons. The molecule has 1 aromatic rings. The van der Waals surface area contributed by atoms with Gasteiger partial charge in [-0.25, -0.2) is 14.2 Å². The third-order valence-electron chi connectivity index (χ3n) is 2.74. The average Bonchev–Trinajstić information content (AvgIpc) is 2.42. The van der Waals surface area contributed by atoms with E-state index in [0.29, 0.717) is 6.07 Å². The van der Waals surface area contributed by atoms with E-state index in [9.17, 15) is 23.2 Å². The molecule has 1 aliphatic rings. The number of carbonyl (C=O) groups excluding carboxylic acids is 3. The molecular weight excluding hydrogens is 286 g/mol.